The predicted molar refractivity (Wildman–Crippen MR) is 91.8 cm³/mol. The van der Waals surface area contributed by atoms with Crippen LogP contribution in [0.4, 0.5) is 11.5 Å². The van der Waals surface area contributed by atoms with Gasteiger partial charge in [0.1, 0.15) is 17.0 Å². The third-order valence-electron chi connectivity index (χ3n) is 4.31. The van der Waals surface area contributed by atoms with Crippen LogP contribution in [0.15, 0.2) is 36.0 Å². The van der Waals surface area contributed by atoms with Crippen molar-refractivity contribution in [2.24, 2.45) is 0 Å². The number of rotatable bonds is 3. The van der Waals surface area contributed by atoms with Gasteiger partial charge in [0.2, 0.25) is 0 Å². The summed E-state index contributed by atoms with van der Waals surface area (Å²) in [6.07, 6.45) is 2.72. The largest absolute Gasteiger partial charge is 0.339 e. The van der Waals surface area contributed by atoms with E-state index >= 15 is 0 Å². The normalized spacial score (nSPS) is 15.0. The summed E-state index contributed by atoms with van der Waals surface area (Å²) in [6.45, 7) is 5.50. The lowest BCUT2D eigenvalue weighted by atomic mass is 9.97. The summed E-state index contributed by atoms with van der Waals surface area (Å²) in [7, 11) is 0. The number of nitrogens with zero attached hydrogens (tertiary/aromatic N) is 3. The van der Waals surface area contributed by atoms with Crippen molar-refractivity contribution in [3.8, 4) is 0 Å². The number of hydrogen-bond donors (Lipinski definition) is 1. The van der Waals surface area contributed by atoms with E-state index in [0.29, 0.717) is 0 Å². The highest BCUT2D eigenvalue weighted by Crippen LogP contribution is 2.31. The second-order valence-corrected chi connectivity index (χ2v) is 6.44. The van der Waals surface area contributed by atoms with Crippen molar-refractivity contribution in [1.29, 1.82) is 0 Å². The van der Waals surface area contributed by atoms with E-state index in [4.69, 9.17) is 0 Å². The molecule has 0 spiro atoms. The molecule has 0 saturated carbocycles. The van der Waals surface area contributed by atoms with E-state index in [1.165, 1.54) is 16.8 Å². The van der Waals surface area contributed by atoms with Crippen LogP contribution >= 0.6 is 11.3 Å². The van der Waals surface area contributed by atoms with Gasteiger partial charge in [-0.05, 0) is 41.6 Å². The summed E-state index contributed by atoms with van der Waals surface area (Å²) in [5, 5.41) is 6.68. The number of nitrogens with one attached hydrogen (secondary N) is 1. The monoisotopic (exact) mass is 310 g/mol. The van der Waals surface area contributed by atoms with Crippen LogP contribution < -0.4 is 5.32 Å². The molecule has 3 heterocycles. The molecule has 5 heteroatoms. The highest BCUT2D eigenvalue weighted by Gasteiger charge is 2.18. The highest BCUT2D eigenvalue weighted by molar-refractivity contribution is 7.16. The average Bonchev–Trinajstić information content (AvgIpc) is 3.04. The summed E-state index contributed by atoms with van der Waals surface area (Å²) in [5.41, 5.74) is 4.03. The molecule has 0 saturated heterocycles. The molecule has 0 radical (unpaired) electrons. The van der Waals surface area contributed by atoms with Crippen LogP contribution in [0, 0.1) is 0 Å². The fourth-order valence-corrected chi connectivity index (χ4v) is 3.80. The maximum atomic E-state index is 4.43. The number of benzene rings is 1. The molecule has 3 aromatic rings. The summed E-state index contributed by atoms with van der Waals surface area (Å²) >= 11 is 1.65. The quantitative estimate of drug-likeness (QED) is 0.798. The Bertz CT molecular complexity index is 811. The molecular formula is C17H18N4S. The van der Waals surface area contributed by atoms with E-state index in [1.807, 2.05) is 0 Å². The number of aromatic nitrogens is 2. The first-order valence-corrected chi connectivity index (χ1v) is 8.51. The van der Waals surface area contributed by atoms with Gasteiger partial charge in [0.15, 0.2) is 0 Å². The zero-order valence-electron chi connectivity index (χ0n) is 12.5. The van der Waals surface area contributed by atoms with Crippen molar-refractivity contribution in [2.45, 2.75) is 19.9 Å². The van der Waals surface area contributed by atoms with Crippen LogP contribution in [0.5, 0.6) is 0 Å². The number of hydrogen-bond acceptors (Lipinski definition) is 5. The predicted octanol–water partition coefficient (Wildman–Crippen LogP) is 3.81. The molecule has 0 amide bonds. The van der Waals surface area contributed by atoms with Gasteiger partial charge in [-0.1, -0.05) is 19.1 Å². The molecule has 2 aromatic heterocycles. The zero-order chi connectivity index (χ0) is 14.9. The Kier molecular flexibility index (Phi) is 3.52. The van der Waals surface area contributed by atoms with E-state index < -0.39 is 0 Å². The minimum absolute atomic E-state index is 0.901. The molecule has 1 N–H and O–H groups in total. The van der Waals surface area contributed by atoms with Crippen molar-refractivity contribution in [3.05, 3.63) is 47.1 Å². The van der Waals surface area contributed by atoms with Crippen LogP contribution in [0.1, 0.15) is 18.1 Å². The highest BCUT2D eigenvalue weighted by atomic mass is 32.1. The van der Waals surface area contributed by atoms with E-state index in [0.717, 1.165) is 42.1 Å². The lowest BCUT2D eigenvalue weighted by Gasteiger charge is -2.29. The lowest BCUT2D eigenvalue weighted by molar-refractivity contribution is 0.268. The Morgan fingerprint density at radius 1 is 1.27 bits per heavy atom. The zero-order valence-corrected chi connectivity index (χ0v) is 13.4. The number of fused-ring (bicyclic) bond motifs is 2. The number of thiophene rings is 1. The lowest BCUT2D eigenvalue weighted by Crippen LogP contribution is -2.30. The molecular weight excluding hydrogens is 292 g/mol. The molecule has 0 unspecified atom stereocenters. The number of likely N-dealkylation sites (N-methyl/N-ethyl adjacent to an activating group) is 1. The van der Waals surface area contributed by atoms with E-state index in [2.05, 4.69) is 56.8 Å². The fourth-order valence-electron chi connectivity index (χ4n) is 3.07. The van der Waals surface area contributed by atoms with Gasteiger partial charge in [-0.2, -0.15) is 0 Å². The van der Waals surface area contributed by atoms with Crippen molar-refractivity contribution in [1.82, 2.24) is 14.9 Å². The van der Waals surface area contributed by atoms with Gasteiger partial charge in [0.05, 0.1) is 5.39 Å². The first kappa shape index (κ1) is 13.7. The molecule has 112 valence electrons. The molecule has 0 bridgehead atoms. The van der Waals surface area contributed by atoms with Gasteiger partial charge in [-0.3, -0.25) is 4.90 Å². The van der Waals surface area contributed by atoms with Crippen molar-refractivity contribution < 1.29 is 0 Å². The molecule has 1 aromatic carbocycles. The Morgan fingerprint density at radius 3 is 3.14 bits per heavy atom. The van der Waals surface area contributed by atoms with E-state index in [1.54, 1.807) is 17.7 Å². The Morgan fingerprint density at radius 2 is 2.23 bits per heavy atom. The molecule has 22 heavy (non-hydrogen) atoms. The third kappa shape index (κ3) is 2.36. The van der Waals surface area contributed by atoms with Gasteiger partial charge < -0.3 is 5.32 Å². The Balaban J connectivity index is 1.71. The molecule has 1 aliphatic rings. The van der Waals surface area contributed by atoms with Crippen LogP contribution in [-0.2, 0) is 13.0 Å². The molecule has 4 nitrogen and oxygen atoms in total. The Labute approximate surface area is 133 Å². The SMILES string of the molecule is CCN1CCc2c(cccc2Nc2ncnc3sccc23)C1. The van der Waals surface area contributed by atoms with Gasteiger partial charge in [0, 0.05) is 18.8 Å². The van der Waals surface area contributed by atoms with Crippen molar-refractivity contribution in [2.75, 3.05) is 18.4 Å². The van der Waals surface area contributed by atoms with E-state index in [9.17, 15) is 0 Å². The summed E-state index contributed by atoms with van der Waals surface area (Å²) in [6, 6.07) is 8.60. The van der Waals surface area contributed by atoms with Gasteiger partial charge in [-0.15, -0.1) is 11.3 Å². The fraction of sp³-hybridized carbons (Fsp3) is 0.294. The summed E-state index contributed by atoms with van der Waals surface area (Å²) in [4.78, 5) is 12.2. The maximum absolute atomic E-state index is 4.43. The second-order valence-electron chi connectivity index (χ2n) is 5.55. The van der Waals surface area contributed by atoms with Gasteiger partial charge in [-0.25, -0.2) is 9.97 Å². The molecule has 0 atom stereocenters. The van der Waals surface area contributed by atoms with Crippen molar-refractivity contribution >= 4 is 33.1 Å². The molecule has 0 aliphatic carbocycles. The van der Waals surface area contributed by atoms with Crippen LogP contribution in [-0.4, -0.2) is 28.0 Å². The molecule has 0 fully saturated rings. The van der Waals surface area contributed by atoms with Gasteiger partial charge in [0.25, 0.3) is 0 Å². The summed E-state index contributed by atoms with van der Waals surface area (Å²) < 4.78 is 0. The third-order valence-corrected chi connectivity index (χ3v) is 5.13. The average molecular weight is 310 g/mol. The minimum Gasteiger partial charge on any atom is -0.339 e. The first-order valence-electron chi connectivity index (χ1n) is 7.63. The standard InChI is InChI=1S/C17H18N4S/c1-2-21-8-6-13-12(10-21)4-3-5-15(13)20-16-14-7-9-22-17(14)19-11-18-16/h3-5,7,9,11H,2,6,8,10H2,1H3,(H,18,19,20). The van der Waals surface area contributed by atoms with Crippen molar-refractivity contribution in [3.63, 3.8) is 0 Å². The van der Waals surface area contributed by atoms with E-state index in [-0.39, 0.29) is 0 Å². The Hall–Kier alpha value is -1.98. The summed E-state index contributed by atoms with van der Waals surface area (Å²) in [5.74, 6) is 0.901. The van der Waals surface area contributed by atoms with Crippen LogP contribution in [0.2, 0.25) is 0 Å². The van der Waals surface area contributed by atoms with Crippen LogP contribution in [0.3, 0.4) is 0 Å². The molecule has 4 rings (SSSR count). The topological polar surface area (TPSA) is 41.0 Å². The van der Waals surface area contributed by atoms with Crippen LogP contribution in [0.25, 0.3) is 10.2 Å². The first-order chi connectivity index (χ1) is 10.8. The molecule has 1 aliphatic heterocycles. The minimum atomic E-state index is 0.901. The second kappa shape index (κ2) is 5.66. The maximum Gasteiger partial charge on any atom is 0.142 e. The van der Waals surface area contributed by atoms with Gasteiger partial charge >= 0.3 is 0 Å². The number of anilines is 2. The smallest absolute Gasteiger partial charge is 0.142 e.